The SMILES string of the molecule is Cc1noc(CCCC(=O)N2CCCC2c2ccc(C)c(C)c2)n1. The first-order chi connectivity index (χ1) is 11.5. The Morgan fingerprint density at radius 2 is 2.12 bits per heavy atom. The van der Waals surface area contributed by atoms with Gasteiger partial charge in [0.15, 0.2) is 5.82 Å². The van der Waals surface area contributed by atoms with Crippen molar-refractivity contribution in [2.24, 2.45) is 0 Å². The van der Waals surface area contributed by atoms with Gasteiger partial charge in [-0.05, 0) is 56.7 Å². The highest BCUT2D eigenvalue weighted by atomic mass is 16.5. The van der Waals surface area contributed by atoms with Gasteiger partial charge in [-0.3, -0.25) is 4.79 Å². The molecular weight excluding hydrogens is 302 g/mol. The molecule has 1 saturated heterocycles. The van der Waals surface area contributed by atoms with Crippen molar-refractivity contribution in [3.8, 4) is 0 Å². The number of nitrogens with zero attached hydrogens (tertiary/aromatic N) is 3. The van der Waals surface area contributed by atoms with Crippen LogP contribution in [0.1, 0.15) is 60.1 Å². The monoisotopic (exact) mass is 327 g/mol. The summed E-state index contributed by atoms with van der Waals surface area (Å²) in [7, 11) is 0. The third-order valence-electron chi connectivity index (χ3n) is 4.84. The normalized spacial score (nSPS) is 17.5. The lowest BCUT2D eigenvalue weighted by molar-refractivity contribution is -0.132. The summed E-state index contributed by atoms with van der Waals surface area (Å²) in [4.78, 5) is 18.9. The molecule has 1 unspecified atom stereocenters. The number of carbonyl (C=O) groups is 1. The number of aryl methyl sites for hydroxylation is 4. The first kappa shape index (κ1) is 16.7. The van der Waals surface area contributed by atoms with E-state index in [4.69, 9.17) is 4.52 Å². The number of likely N-dealkylation sites (tertiary alicyclic amines) is 1. The second-order valence-corrected chi connectivity index (χ2v) is 6.68. The van der Waals surface area contributed by atoms with Crippen LogP contribution in [0.3, 0.4) is 0 Å². The van der Waals surface area contributed by atoms with E-state index >= 15 is 0 Å². The Labute approximate surface area is 143 Å². The van der Waals surface area contributed by atoms with Gasteiger partial charge >= 0.3 is 0 Å². The molecular formula is C19H25N3O2. The third kappa shape index (κ3) is 3.66. The fourth-order valence-corrected chi connectivity index (χ4v) is 3.36. The Bertz CT molecular complexity index is 723. The molecule has 0 aliphatic carbocycles. The van der Waals surface area contributed by atoms with E-state index in [1.165, 1.54) is 16.7 Å². The Morgan fingerprint density at radius 3 is 2.83 bits per heavy atom. The van der Waals surface area contributed by atoms with Crippen LogP contribution in [0, 0.1) is 20.8 Å². The highest BCUT2D eigenvalue weighted by molar-refractivity contribution is 5.77. The smallest absolute Gasteiger partial charge is 0.226 e. The molecule has 1 aliphatic heterocycles. The summed E-state index contributed by atoms with van der Waals surface area (Å²) in [6.07, 6.45) is 4.07. The molecule has 3 rings (SSSR count). The molecule has 1 fully saturated rings. The van der Waals surface area contributed by atoms with Crippen molar-refractivity contribution in [2.75, 3.05) is 6.54 Å². The molecule has 1 aliphatic rings. The van der Waals surface area contributed by atoms with E-state index in [0.29, 0.717) is 24.6 Å². The maximum atomic E-state index is 12.6. The van der Waals surface area contributed by atoms with Crippen LogP contribution in [-0.2, 0) is 11.2 Å². The highest BCUT2D eigenvalue weighted by Crippen LogP contribution is 2.33. The molecule has 1 aromatic heterocycles. The van der Waals surface area contributed by atoms with E-state index < -0.39 is 0 Å². The lowest BCUT2D eigenvalue weighted by Crippen LogP contribution is -2.30. The first-order valence-corrected chi connectivity index (χ1v) is 8.70. The van der Waals surface area contributed by atoms with Crippen molar-refractivity contribution in [3.63, 3.8) is 0 Å². The number of hydrogen-bond donors (Lipinski definition) is 0. The summed E-state index contributed by atoms with van der Waals surface area (Å²) in [5.41, 5.74) is 3.85. The van der Waals surface area contributed by atoms with E-state index in [-0.39, 0.29) is 11.9 Å². The lowest BCUT2D eigenvalue weighted by atomic mass is 9.99. The van der Waals surface area contributed by atoms with Crippen molar-refractivity contribution >= 4 is 5.91 Å². The van der Waals surface area contributed by atoms with Gasteiger partial charge in [0.1, 0.15) is 0 Å². The first-order valence-electron chi connectivity index (χ1n) is 8.70. The molecule has 24 heavy (non-hydrogen) atoms. The Morgan fingerprint density at radius 1 is 1.29 bits per heavy atom. The molecule has 0 radical (unpaired) electrons. The predicted molar refractivity (Wildman–Crippen MR) is 91.6 cm³/mol. The zero-order chi connectivity index (χ0) is 17.1. The van der Waals surface area contributed by atoms with Crippen LogP contribution >= 0.6 is 0 Å². The minimum absolute atomic E-state index is 0.224. The van der Waals surface area contributed by atoms with Crippen LogP contribution in [-0.4, -0.2) is 27.5 Å². The van der Waals surface area contributed by atoms with Crippen molar-refractivity contribution in [3.05, 3.63) is 46.6 Å². The zero-order valence-electron chi connectivity index (χ0n) is 14.7. The summed E-state index contributed by atoms with van der Waals surface area (Å²) in [6.45, 7) is 6.91. The van der Waals surface area contributed by atoms with Crippen molar-refractivity contribution in [1.82, 2.24) is 15.0 Å². The fraction of sp³-hybridized carbons (Fsp3) is 0.526. The summed E-state index contributed by atoms with van der Waals surface area (Å²) in [5, 5.41) is 3.78. The Kier molecular flexibility index (Phi) is 4.97. The quantitative estimate of drug-likeness (QED) is 0.840. The van der Waals surface area contributed by atoms with Gasteiger partial charge in [0, 0.05) is 19.4 Å². The van der Waals surface area contributed by atoms with Crippen LogP contribution in [0.25, 0.3) is 0 Å². The van der Waals surface area contributed by atoms with Gasteiger partial charge in [0.2, 0.25) is 11.8 Å². The number of hydrogen-bond acceptors (Lipinski definition) is 4. The summed E-state index contributed by atoms with van der Waals surface area (Å²) in [5.74, 6) is 1.49. The van der Waals surface area contributed by atoms with Crippen molar-refractivity contribution in [1.29, 1.82) is 0 Å². The van der Waals surface area contributed by atoms with Gasteiger partial charge in [-0.15, -0.1) is 0 Å². The maximum absolute atomic E-state index is 12.6. The van der Waals surface area contributed by atoms with Crippen LogP contribution in [0.15, 0.2) is 22.7 Å². The van der Waals surface area contributed by atoms with E-state index in [1.54, 1.807) is 6.92 Å². The lowest BCUT2D eigenvalue weighted by Gasteiger charge is -2.25. The number of carbonyl (C=O) groups excluding carboxylic acids is 1. The van der Waals surface area contributed by atoms with Crippen LogP contribution < -0.4 is 0 Å². The van der Waals surface area contributed by atoms with E-state index in [2.05, 4.69) is 42.2 Å². The Hall–Kier alpha value is -2.17. The van der Waals surface area contributed by atoms with Crippen LogP contribution in [0.4, 0.5) is 0 Å². The minimum atomic E-state index is 0.224. The summed E-state index contributed by atoms with van der Waals surface area (Å²) in [6, 6.07) is 6.78. The molecule has 5 heteroatoms. The largest absolute Gasteiger partial charge is 0.339 e. The second kappa shape index (κ2) is 7.16. The summed E-state index contributed by atoms with van der Waals surface area (Å²) < 4.78 is 5.10. The molecule has 1 atom stereocenters. The molecule has 5 nitrogen and oxygen atoms in total. The molecule has 0 N–H and O–H groups in total. The van der Waals surface area contributed by atoms with Gasteiger partial charge < -0.3 is 9.42 Å². The zero-order valence-corrected chi connectivity index (χ0v) is 14.7. The van der Waals surface area contributed by atoms with Gasteiger partial charge in [0.25, 0.3) is 0 Å². The van der Waals surface area contributed by atoms with Gasteiger partial charge in [0.05, 0.1) is 6.04 Å². The minimum Gasteiger partial charge on any atom is -0.339 e. The third-order valence-corrected chi connectivity index (χ3v) is 4.84. The maximum Gasteiger partial charge on any atom is 0.226 e. The molecule has 0 bridgehead atoms. The van der Waals surface area contributed by atoms with E-state index in [0.717, 1.165) is 25.8 Å². The molecule has 2 heterocycles. The molecule has 2 aromatic rings. The van der Waals surface area contributed by atoms with E-state index in [1.807, 2.05) is 4.90 Å². The standard InChI is InChI=1S/C19H25N3O2/c1-13-9-10-16(12-14(13)2)17-6-5-11-22(17)19(23)8-4-7-18-20-15(3)21-24-18/h9-10,12,17H,4-8,11H2,1-3H3. The number of amides is 1. The summed E-state index contributed by atoms with van der Waals surface area (Å²) >= 11 is 0. The van der Waals surface area contributed by atoms with Crippen molar-refractivity contribution < 1.29 is 9.32 Å². The average molecular weight is 327 g/mol. The number of benzene rings is 1. The van der Waals surface area contributed by atoms with Gasteiger partial charge in [-0.25, -0.2) is 0 Å². The van der Waals surface area contributed by atoms with Crippen molar-refractivity contribution in [2.45, 2.75) is 58.9 Å². The molecule has 128 valence electrons. The van der Waals surface area contributed by atoms with Gasteiger partial charge in [-0.1, -0.05) is 23.4 Å². The molecule has 1 aromatic carbocycles. The van der Waals surface area contributed by atoms with Crippen LogP contribution in [0.2, 0.25) is 0 Å². The molecule has 1 amide bonds. The fourth-order valence-electron chi connectivity index (χ4n) is 3.36. The molecule has 0 saturated carbocycles. The van der Waals surface area contributed by atoms with Gasteiger partial charge in [-0.2, -0.15) is 4.98 Å². The highest BCUT2D eigenvalue weighted by Gasteiger charge is 2.29. The average Bonchev–Trinajstić information content (AvgIpc) is 3.19. The molecule has 0 spiro atoms. The Balaban J connectivity index is 1.59. The number of aromatic nitrogens is 2. The second-order valence-electron chi connectivity index (χ2n) is 6.68. The topological polar surface area (TPSA) is 59.2 Å². The predicted octanol–water partition coefficient (Wildman–Crippen LogP) is 3.68. The van der Waals surface area contributed by atoms with E-state index in [9.17, 15) is 4.79 Å². The van der Waals surface area contributed by atoms with Crippen LogP contribution in [0.5, 0.6) is 0 Å². The number of rotatable bonds is 5.